The first-order valence-corrected chi connectivity index (χ1v) is 10.2. The molecular weight excluding hydrogens is 370 g/mol. The number of pyridine rings is 1. The van der Waals surface area contributed by atoms with Crippen molar-refractivity contribution in [3.63, 3.8) is 0 Å². The van der Waals surface area contributed by atoms with Gasteiger partial charge in [0.2, 0.25) is 0 Å². The van der Waals surface area contributed by atoms with E-state index in [1.807, 2.05) is 58.7 Å². The van der Waals surface area contributed by atoms with Crippen LogP contribution in [0.1, 0.15) is 36.8 Å². The Hall–Kier alpha value is -2.80. The molecule has 7 heteroatoms. The summed E-state index contributed by atoms with van der Waals surface area (Å²) in [4.78, 5) is 4.62. The summed E-state index contributed by atoms with van der Waals surface area (Å²) in [5, 5.41) is 9.42. The van der Waals surface area contributed by atoms with Crippen LogP contribution in [0.3, 0.4) is 0 Å². The number of hydrogen-bond acceptors (Lipinski definition) is 5. The van der Waals surface area contributed by atoms with Gasteiger partial charge >= 0.3 is 0 Å². The van der Waals surface area contributed by atoms with Gasteiger partial charge in [-0.1, -0.05) is 43.8 Å². The second-order valence-electron chi connectivity index (χ2n) is 6.96. The highest BCUT2D eigenvalue weighted by Gasteiger charge is 2.11. The predicted octanol–water partition coefficient (Wildman–Crippen LogP) is 4.46. The third kappa shape index (κ3) is 4.04. The second-order valence-corrected chi connectivity index (χ2v) is 7.90. The summed E-state index contributed by atoms with van der Waals surface area (Å²) in [6.45, 7) is 4.75. The number of rotatable bonds is 7. The molecule has 0 radical (unpaired) electrons. The van der Waals surface area contributed by atoms with E-state index in [0.29, 0.717) is 12.5 Å². The summed E-state index contributed by atoms with van der Waals surface area (Å²) in [5.74, 6) is 2.89. The van der Waals surface area contributed by atoms with E-state index in [4.69, 9.17) is 4.74 Å². The zero-order valence-corrected chi connectivity index (χ0v) is 17.1. The van der Waals surface area contributed by atoms with Crippen LogP contribution < -0.4 is 4.74 Å². The van der Waals surface area contributed by atoms with Crippen molar-refractivity contribution >= 4 is 17.4 Å². The molecule has 1 aromatic carbocycles. The molecule has 144 valence electrons. The van der Waals surface area contributed by atoms with E-state index in [9.17, 15) is 0 Å². The maximum atomic E-state index is 5.88. The fourth-order valence-electron chi connectivity index (χ4n) is 2.89. The Morgan fingerprint density at radius 2 is 1.89 bits per heavy atom. The van der Waals surface area contributed by atoms with Gasteiger partial charge in [0.15, 0.2) is 11.0 Å². The average molecular weight is 394 g/mol. The van der Waals surface area contributed by atoms with Gasteiger partial charge in [0, 0.05) is 25.2 Å². The minimum atomic E-state index is 0.388. The van der Waals surface area contributed by atoms with Gasteiger partial charge in [-0.05, 0) is 35.7 Å². The Bertz CT molecular complexity index is 1040. The summed E-state index contributed by atoms with van der Waals surface area (Å²) in [7, 11) is 1.96. The highest BCUT2D eigenvalue weighted by molar-refractivity contribution is 7.98. The van der Waals surface area contributed by atoms with Gasteiger partial charge in [-0.3, -0.25) is 0 Å². The standard InChI is InChI=1S/C21H23N5OS/c1-15(2)16-7-9-18(10-8-16)27-13-20-23-24-21(25(20)3)28-14-17-12-26-11-5-4-6-19(26)22-17/h4-12,15H,13-14H2,1-3H3. The SMILES string of the molecule is CC(C)c1ccc(OCc2nnc(SCc3cn4ccccc4n3)n2C)cc1. The van der Waals surface area contributed by atoms with Crippen molar-refractivity contribution in [2.24, 2.45) is 7.05 Å². The van der Waals surface area contributed by atoms with Gasteiger partial charge in [0.05, 0.1) is 5.69 Å². The number of fused-ring (bicyclic) bond motifs is 1. The van der Waals surface area contributed by atoms with Crippen LogP contribution >= 0.6 is 11.8 Å². The Labute approximate surface area is 168 Å². The van der Waals surface area contributed by atoms with E-state index in [1.165, 1.54) is 5.56 Å². The molecule has 0 N–H and O–H groups in total. The van der Waals surface area contributed by atoms with E-state index in [2.05, 4.69) is 41.2 Å². The average Bonchev–Trinajstić information content (AvgIpc) is 3.28. The van der Waals surface area contributed by atoms with Crippen molar-refractivity contribution in [1.29, 1.82) is 0 Å². The maximum absolute atomic E-state index is 5.88. The van der Waals surface area contributed by atoms with Crippen LogP contribution in [0.25, 0.3) is 5.65 Å². The first kappa shape index (κ1) is 18.6. The molecule has 0 fully saturated rings. The first-order chi connectivity index (χ1) is 13.6. The molecule has 0 aliphatic carbocycles. The van der Waals surface area contributed by atoms with Crippen molar-refractivity contribution in [3.8, 4) is 5.75 Å². The number of imidazole rings is 1. The normalized spacial score (nSPS) is 11.4. The van der Waals surface area contributed by atoms with Gasteiger partial charge < -0.3 is 13.7 Å². The summed E-state index contributed by atoms with van der Waals surface area (Å²) >= 11 is 1.62. The highest BCUT2D eigenvalue weighted by atomic mass is 32.2. The largest absolute Gasteiger partial charge is 0.486 e. The predicted molar refractivity (Wildman–Crippen MR) is 111 cm³/mol. The maximum Gasteiger partial charge on any atom is 0.191 e. The number of benzene rings is 1. The molecule has 0 saturated carbocycles. The number of nitrogens with zero attached hydrogens (tertiary/aromatic N) is 5. The molecule has 4 rings (SSSR count). The number of thioether (sulfide) groups is 1. The molecule has 0 unspecified atom stereocenters. The summed E-state index contributed by atoms with van der Waals surface area (Å²) < 4.78 is 9.87. The lowest BCUT2D eigenvalue weighted by Crippen LogP contribution is -2.04. The Morgan fingerprint density at radius 1 is 1.07 bits per heavy atom. The van der Waals surface area contributed by atoms with Crippen molar-refractivity contribution in [3.05, 3.63) is 71.9 Å². The minimum Gasteiger partial charge on any atom is -0.486 e. The minimum absolute atomic E-state index is 0.388. The van der Waals surface area contributed by atoms with E-state index >= 15 is 0 Å². The van der Waals surface area contributed by atoms with Gasteiger partial charge in [0.25, 0.3) is 0 Å². The molecular formula is C21H23N5OS. The van der Waals surface area contributed by atoms with Crippen molar-refractivity contribution in [2.75, 3.05) is 0 Å². The third-order valence-electron chi connectivity index (χ3n) is 4.60. The smallest absolute Gasteiger partial charge is 0.191 e. The lowest BCUT2D eigenvalue weighted by atomic mass is 10.0. The zero-order chi connectivity index (χ0) is 19.5. The van der Waals surface area contributed by atoms with E-state index in [0.717, 1.165) is 33.8 Å². The molecule has 3 heterocycles. The number of aromatic nitrogens is 5. The lowest BCUT2D eigenvalue weighted by molar-refractivity contribution is 0.290. The molecule has 0 aliphatic heterocycles. The third-order valence-corrected chi connectivity index (χ3v) is 5.66. The van der Waals surface area contributed by atoms with Crippen LogP contribution in [0.15, 0.2) is 60.0 Å². The van der Waals surface area contributed by atoms with Crippen LogP contribution in [0.4, 0.5) is 0 Å². The first-order valence-electron chi connectivity index (χ1n) is 9.26. The molecule has 28 heavy (non-hydrogen) atoms. The molecule has 0 aliphatic rings. The van der Waals surface area contributed by atoms with Crippen LogP contribution in [-0.4, -0.2) is 24.1 Å². The van der Waals surface area contributed by atoms with Gasteiger partial charge in [-0.15, -0.1) is 10.2 Å². The molecule has 4 aromatic rings. The van der Waals surface area contributed by atoms with E-state index < -0.39 is 0 Å². The van der Waals surface area contributed by atoms with Gasteiger partial charge in [-0.2, -0.15) is 0 Å². The van der Waals surface area contributed by atoms with Gasteiger partial charge in [0.1, 0.15) is 18.0 Å². The zero-order valence-electron chi connectivity index (χ0n) is 16.2. The number of hydrogen-bond donors (Lipinski definition) is 0. The summed E-state index contributed by atoms with van der Waals surface area (Å²) in [6, 6.07) is 14.2. The molecule has 0 spiro atoms. The van der Waals surface area contributed by atoms with Crippen LogP contribution in [0.5, 0.6) is 5.75 Å². The van der Waals surface area contributed by atoms with Gasteiger partial charge in [-0.25, -0.2) is 4.98 Å². The Morgan fingerprint density at radius 3 is 2.64 bits per heavy atom. The van der Waals surface area contributed by atoms with Crippen molar-refractivity contribution in [2.45, 2.75) is 37.3 Å². The quantitative estimate of drug-likeness (QED) is 0.434. The second kappa shape index (κ2) is 8.06. The van der Waals surface area contributed by atoms with Crippen molar-refractivity contribution < 1.29 is 4.74 Å². The Kier molecular flexibility index (Phi) is 5.34. The molecule has 0 bridgehead atoms. The summed E-state index contributed by atoms with van der Waals surface area (Å²) in [5.41, 5.74) is 3.27. The fraction of sp³-hybridized carbons (Fsp3) is 0.286. The highest BCUT2D eigenvalue weighted by Crippen LogP contribution is 2.22. The molecule has 0 amide bonds. The fourth-order valence-corrected chi connectivity index (χ4v) is 3.70. The topological polar surface area (TPSA) is 57.2 Å². The molecule has 6 nitrogen and oxygen atoms in total. The van der Waals surface area contributed by atoms with E-state index in [1.54, 1.807) is 11.8 Å². The molecule has 0 saturated heterocycles. The van der Waals surface area contributed by atoms with Crippen LogP contribution in [0, 0.1) is 0 Å². The van der Waals surface area contributed by atoms with E-state index in [-0.39, 0.29) is 0 Å². The van der Waals surface area contributed by atoms with Crippen LogP contribution in [0.2, 0.25) is 0 Å². The lowest BCUT2D eigenvalue weighted by Gasteiger charge is -2.09. The van der Waals surface area contributed by atoms with Crippen LogP contribution in [-0.2, 0) is 19.4 Å². The monoisotopic (exact) mass is 393 g/mol. The molecule has 3 aromatic heterocycles. The summed E-state index contributed by atoms with van der Waals surface area (Å²) in [6.07, 6.45) is 4.05. The van der Waals surface area contributed by atoms with Crippen molar-refractivity contribution in [1.82, 2.24) is 24.1 Å². The Balaban J connectivity index is 1.37. The number of ether oxygens (including phenoxy) is 1. The molecule has 0 atom stereocenters.